The maximum absolute atomic E-state index is 12.2. The van der Waals surface area contributed by atoms with Gasteiger partial charge < -0.3 is 9.84 Å². The zero-order valence-corrected chi connectivity index (χ0v) is 29.7. The standard InChI is InChI=1S/C41H61NO5/c1-29(2)12-11-13-31(4)38-24-25-39-34(18-17-33-27-36(43)21-16-30(33)3)26-32(28-41(38,39)5)14-9-7-6-8-10-15-40(44)47-37-22-19-35(20-23-37)42(45)46/h17-20,22-23,29,31-32,36,38-39,43H,3,6-16,21,24-28H2,1-2,4-5H3/b33-17-,34-18+/t31-,32+,36+,38-,39+,41-/m1/s1. The third-order valence-corrected chi connectivity index (χ3v) is 11.7. The summed E-state index contributed by atoms with van der Waals surface area (Å²) in [6.07, 6.45) is 23.2. The second-order valence-electron chi connectivity index (χ2n) is 15.8. The van der Waals surface area contributed by atoms with E-state index in [0.29, 0.717) is 29.4 Å². The molecule has 260 valence electrons. The molecule has 3 fully saturated rings. The number of fused-ring (bicyclic) bond motifs is 1. The van der Waals surface area contributed by atoms with Crippen LogP contribution in [0.25, 0.3) is 0 Å². The number of hydrogen-bond donors (Lipinski definition) is 1. The number of ether oxygens (including phenoxy) is 1. The lowest BCUT2D eigenvalue weighted by Crippen LogP contribution is -2.39. The lowest BCUT2D eigenvalue weighted by atomic mass is 9.57. The average molecular weight is 648 g/mol. The summed E-state index contributed by atoms with van der Waals surface area (Å²) in [6.45, 7) is 14.2. The van der Waals surface area contributed by atoms with Crippen molar-refractivity contribution in [2.45, 2.75) is 143 Å². The molecule has 0 aliphatic heterocycles. The lowest BCUT2D eigenvalue weighted by Gasteiger charge is -2.47. The Hall–Kier alpha value is -2.73. The van der Waals surface area contributed by atoms with Gasteiger partial charge in [0.05, 0.1) is 11.0 Å². The minimum atomic E-state index is -0.464. The van der Waals surface area contributed by atoms with Crippen molar-refractivity contribution in [2.75, 3.05) is 0 Å². The van der Waals surface area contributed by atoms with Gasteiger partial charge in [-0.1, -0.05) is 109 Å². The van der Waals surface area contributed by atoms with Crippen molar-refractivity contribution in [3.8, 4) is 5.75 Å². The molecule has 3 aliphatic rings. The molecule has 0 spiro atoms. The first-order valence-electron chi connectivity index (χ1n) is 18.7. The van der Waals surface area contributed by atoms with Gasteiger partial charge in [-0.2, -0.15) is 0 Å². The molecule has 4 rings (SSSR count). The van der Waals surface area contributed by atoms with Crippen LogP contribution in [0, 0.1) is 45.1 Å². The molecule has 6 heteroatoms. The van der Waals surface area contributed by atoms with Gasteiger partial charge in [0.1, 0.15) is 5.75 Å². The second kappa shape index (κ2) is 17.6. The van der Waals surface area contributed by atoms with Crippen LogP contribution in [0.1, 0.15) is 137 Å². The molecule has 0 amide bonds. The zero-order chi connectivity index (χ0) is 34.0. The third-order valence-electron chi connectivity index (χ3n) is 11.7. The summed E-state index contributed by atoms with van der Waals surface area (Å²) in [4.78, 5) is 22.6. The summed E-state index contributed by atoms with van der Waals surface area (Å²) < 4.78 is 5.35. The first kappa shape index (κ1) is 37.1. The highest BCUT2D eigenvalue weighted by Crippen LogP contribution is 2.61. The number of aliphatic hydroxyl groups is 1. The normalized spacial score (nSPS) is 28.5. The van der Waals surface area contributed by atoms with E-state index in [0.717, 1.165) is 56.3 Å². The predicted molar refractivity (Wildman–Crippen MR) is 191 cm³/mol. The Morgan fingerprint density at radius 1 is 1.02 bits per heavy atom. The van der Waals surface area contributed by atoms with Gasteiger partial charge in [0, 0.05) is 18.6 Å². The van der Waals surface area contributed by atoms with E-state index in [9.17, 15) is 20.0 Å². The Labute approximate surface area is 284 Å². The van der Waals surface area contributed by atoms with Crippen LogP contribution < -0.4 is 4.74 Å². The summed E-state index contributed by atoms with van der Waals surface area (Å²) >= 11 is 0. The highest BCUT2D eigenvalue weighted by atomic mass is 16.6. The van der Waals surface area contributed by atoms with Gasteiger partial charge in [0.2, 0.25) is 0 Å². The number of carbonyl (C=O) groups is 1. The number of aliphatic hydroxyl groups excluding tert-OH is 1. The first-order valence-corrected chi connectivity index (χ1v) is 18.7. The van der Waals surface area contributed by atoms with E-state index in [2.05, 4.69) is 46.4 Å². The summed E-state index contributed by atoms with van der Waals surface area (Å²) in [5, 5.41) is 21.1. The lowest BCUT2D eigenvalue weighted by molar-refractivity contribution is -0.384. The number of benzene rings is 1. The van der Waals surface area contributed by atoms with Crippen molar-refractivity contribution in [2.24, 2.45) is 35.0 Å². The first-order chi connectivity index (χ1) is 22.5. The van der Waals surface area contributed by atoms with Gasteiger partial charge in [0.25, 0.3) is 5.69 Å². The zero-order valence-electron chi connectivity index (χ0n) is 29.7. The number of nitrogens with zero attached hydrogens (tertiary/aromatic N) is 1. The number of carbonyl (C=O) groups excluding carboxylic acids is 1. The maximum atomic E-state index is 12.2. The molecule has 6 nitrogen and oxygen atoms in total. The Bertz CT molecular complexity index is 1260. The van der Waals surface area contributed by atoms with Crippen molar-refractivity contribution in [3.05, 3.63) is 69.8 Å². The van der Waals surface area contributed by atoms with Crippen molar-refractivity contribution < 1.29 is 19.6 Å². The molecule has 1 aromatic rings. The molecule has 1 N–H and O–H groups in total. The van der Waals surface area contributed by atoms with Crippen LogP contribution in [0.15, 0.2) is 59.7 Å². The minimum Gasteiger partial charge on any atom is -0.427 e. The minimum absolute atomic E-state index is 0.0160. The number of nitro benzene ring substituents is 1. The fourth-order valence-electron chi connectivity index (χ4n) is 9.15. The van der Waals surface area contributed by atoms with E-state index in [4.69, 9.17) is 4.74 Å². The number of nitro groups is 1. The van der Waals surface area contributed by atoms with Gasteiger partial charge in [-0.15, -0.1) is 0 Å². The fraction of sp³-hybridized carbons (Fsp3) is 0.683. The highest BCUT2D eigenvalue weighted by Gasteiger charge is 2.52. The average Bonchev–Trinajstić information content (AvgIpc) is 3.37. The molecule has 0 aromatic heterocycles. The van der Waals surface area contributed by atoms with E-state index in [1.54, 1.807) is 5.57 Å². The number of hydrogen-bond acceptors (Lipinski definition) is 5. The molecular weight excluding hydrogens is 586 g/mol. The molecule has 0 heterocycles. The molecule has 6 atom stereocenters. The number of unbranched alkanes of at least 4 members (excludes halogenated alkanes) is 4. The molecule has 3 saturated carbocycles. The Kier molecular flexibility index (Phi) is 13.9. The van der Waals surface area contributed by atoms with E-state index >= 15 is 0 Å². The molecule has 0 saturated heterocycles. The molecule has 3 aliphatic carbocycles. The maximum Gasteiger partial charge on any atom is 0.311 e. The van der Waals surface area contributed by atoms with Crippen molar-refractivity contribution >= 4 is 11.7 Å². The summed E-state index contributed by atoms with van der Waals surface area (Å²) in [6, 6.07) is 5.65. The topological polar surface area (TPSA) is 89.7 Å². The van der Waals surface area contributed by atoms with Gasteiger partial charge in [0.15, 0.2) is 0 Å². The molecule has 0 radical (unpaired) electrons. The number of allylic oxidation sites excluding steroid dienone is 4. The number of rotatable bonds is 16. The van der Waals surface area contributed by atoms with Crippen LogP contribution in [0.2, 0.25) is 0 Å². The fourth-order valence-corrected chi connectivity index (χ4v) is 9.15. The van der Waals surface area contributed by atoms with E-state index in [-0.39, 0.29) is 17.8 Å². The highest BCUT2D eigenvalue weighted by molar-refractivity contribution is 5.72. The van der Waals surface area contributed by atoms with Crippen LogP contribution >= 0.6 is 0 Å². The summed E-state index contributed by atoms with van der Waals surface area (Å²) in [5.74, 6) is 3.78. The third kappa shape index (κ3) is 10.6. The van der Waals surface area contributed by atoms with Crippen LogP contribution in [0.4, 0.5) is 5.69 Å². The van der Waals surface area contributed by atoms with Crippen molar-refractivity contribution in [3.63, 3.8) is 0 Å². The van der Waals surface area contributed by atoms with Crippen molar-refractivity contribution in [1.82, 2.24) is 0 Å². The molecule has 47 heavy (non-hydrogen) atoms. The quantitative estimate of drug-likeness (QED) is 0.0634. The van der Waals surface area contributed by atoms with Crippen LogP contribution in [0.5, 0.6) is 5.75 Å². The van der Waals surface area contributed by atoms with Crippen LogP contribution in [0.3, 0.4) is 0 Å². The van der Waals surface area contributed by atoms with Crippen LogP contribution in [-0.4, -0.2) is 22.1 Å². The Morgan fingerprint density at radius 3 is 2.47 bits per heavy atom. The smallest absolute Gasteiger partial charge is 0.311 e. The molecule has 1 aromatic carbocycles. The Morgan fingerprint density at radius 2 is 1.74 bits per heavy atom. The largest absolute Gasteiger partial charge is 0.427 e. The SMILES string of the molecule is C=C1CC[C@H](O)C/C1=C/C=C1\C[C@H](CCCCCCCC(=O)Oc2ccc([N+](=O)[O-])cc2)C[C@]2(C)[C@@H]([C@H](C)CCCC(C)C)CC[C@@H]12. The summed E-state index contributed by atoms with van der Waals surface area (Å²) in [7, 11) is 0. The van der Waals surface area contributed by atoms with Crippen LogP contribution in [-0.2, 0) is 4.79 Å². The van der Waals surface area contributed by atoms with Gasteiger partial charge in [-0.05, 0) is 104 Å². The van der Waals surface area contributed by atoms with Gasteiger partial charge >= 0.3 is 5.97 Å². The monoisotopic (exact) mass is 647 g/mol. The Balaban J connectivity index is 1.29. The van der Waals surface area contributed by atoms with Gasteiger partial charge in [-0.3, -0.25) is 14.9 Å². The predicted octanol–water partition coefficient (Wildman–Crippen LogP) is 11.1. The summed E-state index contributed by atoms with van der Waals surface area (Å²) in [5.41, 5.74) is 4.43. The number of non-ortho nitro benzene ring substituents is 1. The van der Waals surface area contributed by atoms with E-state index in [1.165, 1.54) is 99.6 Å². The van der Waals surface area contributed by atoms with E-state index in [1.807, 2.05) is 0 Å². The van der Waals surface area contributed by atoms with Gasteiger partial charge in [-0.25, -0.2) is 0 Å². The molecule has 0 bridgehead atoms. The molecule has 0 unspecified atom stereocenters. The second-order valence-corrected chi connectivity index (χ2v) is 15.8. The van der Waals surface area contributed by atoms with E-state index < -0.39 is 4.92 Å². The van der Waals surface area contributed by atoms with Crippen molar-refractivity contribution in [1.29, 1.82) is 0 Å². The number of esters is 1. The molecular formula is C41H61NO5.